The number of fused-ring (bicyclic) bond motifs is 2. The van der Waals surface area contributed by atoms with Gasteiger partial charge in [0.25, 0.3) is 0 Å². The normalized spacial score (nSPS) is 13.5. The molecule has 0 atom stereocenters. The zero-order valence-corrected chi connectivity index (χ0v) is 23.9. The molecule has 0 amide bonds. The summed E-state index contributed by atoms with van der Waals surface area (Å²) in [5.74, 6) is 3.01. The first kappa shape index (κ1) is 27.7. The van der Waals surface area contributed by atoms with Crippen molar-refractivity contribution in [3.05, 3.63) is 83.9 Å². The Balaban J connectivity index is 1.71. The lowest BCUT2D eigenvalue weighted by atomic mass is 10.0. The van der Waals surface area contributed by atoms with Crippen molar-refractivity contribution in [3.8, 4) is 28.8 Å². The summed E-state index contributed by atoms with van der Waals surface area (Å²) < 4.78 is 11.3. The van der Waals surface area contributed by atoms with E-state index < -0.39 is 0 Å². The Hall–Kier alpha value is -4.90. The number of methoxy groups -OCH3 is 1. The molecule has 0 unspecified atom stereocenters. The second-order valence-corrected chi connectivity index (χ2v) is 9.62. The Morgan fingerprint density at radius 2 is 1.71 bits per heavy atom. The number of ether oxygens (including phenoxy) is 2. The van der Waals surface area contributed by atoms with Crippen LogP contribution in [0.5, 0.6) is 11.5 Å². The molecule has 8 heteroatoms. The molecule has 41 heavy (non-hydrogen) atoms. The van der Waals surface area contributed by atoms with Crippen molar-refractivity contribution in [1.29, 1.82) is 5.26 Å². The van der Waals surface area contributed by atoms with Gasteiger partial charge in [-0.2, -0.15) is 5.26 Å². The molecule has 8 nitrogen and oxygen atoms in total. The van der Waals surface area contributed by atoms with E-state index in [1.54, 1.807) is 7.11 Å². The Labute approximate surface area is 241 Å². The van der Waals surface area contributed by atoms with Gasteiger partial charge >= 0.3 is 0 Å². The SMILES string of the molecule is CCCCOc1ccc2c(-c3ccc(OC)cc3)nc(/C(C#N)=C3\N=C(N(CC)CC)c4ccccc4N3)nc2c1. The van der Waals surface area contributed by atoms with Crippen LogP contribution in [0.4, 0.5) is 5.69 Å². The number of nitriles is 1. The lowest BCUT2D eigenvalue weighted by molar-refractivity contribution is 0.310. The third kappa shape index (κ3) is 5.71. The van der Waals surface area contributed by atoms with Crippen LogP contribution >= 0.6 is 0 Å². The molecule has 0 radical (unpaired) electrons. The summed E-state index contributed by atoms with van der Waals surface area (Å²) in [6, 6.07) is 23.9. The maximum atomic E-state index is 10.5. The maximum absolute atomic E-state index is 10.5. The van der Waals surface area contributed by atoms with Crippen LogP contribution in [0.15, 0.2) is 77.5 Å². The predicted molar refractivity (Wildman–Crippen MR) is 164 cm³/mol. The molecule has 0 spiro atoms. The Morgan fingerprint density at radius 1 is 0.951 bits per heavy atom. The molecular weight excluding hydrogens is 512 g/mol. The van der Waals surface area contributed by atoms with Crippen LogP contribution in [0.3, 0.4) is 0 Å². The largest absolute Gasteiger partial charge is 0.497 e. The number of aliphatic imine (C=N–C) groups is 1. The minimum Gasteiger partial charge on any atom is -0.497 e. The molecular formula is C33H34N6O2. The maximum Gasteiger partial charge on any atom is 0.175 e. The van der Waals surface area contributed by atoms with Gasteiger partial charge in [0.05, 0.1) is 30.6 Å². The number of allylic oxidation sites excluding steroid dienone is 1. The molecule has 1 aliphatic rings. The van der Waals surface area contributed by atoms with Crippen molar-refractivity contribution in [1.82, 2.24) is 14.9 Å². The van der Waals surface area contributed by atoms with Gasteiger partial charge in [-0.05, 0) is 68.8 Å². The van der Waals surface area contributed by atoms with Crippen LogP contribution in [0.1, 0.15) is 45.0 Å². The monoisotopic (exact) mass is 546 g/mol. The number of benzene rings is 3. The summed E-state index contributed by atoms with van der Waals surface area (Å²) in [4.78, 5) is 17.0. The third-order valence-corrected chi connectivity index (χ3v) is 7.07. The number of amidine groups is 1. The van der Waals surface area contributed by atoms with Gasteiger partial charge in [0.1, 0.15) is 29.0 Å². The Morgan fingerprint density at radius 3 is 2.41 bits per heavy atom. The van der Waals surface area contributed by atoms with E-state index in [0.29, 0.717) is 29.5 Å². The summed E-state index contributed by atoms with van der Waals surface area (Å²) >= 11 is 0. The molecule has 2 heterocycles. The molecule has 4 aromatic rings. The van der Waals surface area contributed by atoms with E-state index in [1.165, 1.54) is 0 Å². The number of para-hydroxylation sites is 1. The van der Waals surface area contributed by atoms with Crippen molar-refractivity contribution in [3.63, 3.8) is 0 Å². The minimum absolute atomic E-state index is 0.262. The second-order valence-electron chi connectivity index (χ2n) is 9.62. The van der Waals surface area contributed by atoms with E-state index in [4.69, 9.17) is 24.4 Å². The minimum atomic E-state index is 0.262. The van der Waals surface area contributed by atoms with Gasteiger partial charge in [0, 0.05) is 35.7 Å². The van der Waals surface area contributed by atoms with Crippen LogP contribution in [0, 0.1) is 11.3 Å². The first-order valence-corrected chi connectivity index (χ1v) is 14.0. The average Bonchev–Trinajstić information content (AvgIpc) is 3.01. The van der Waals surface area contributed by atoms with Gasteiger partial charge in [0.2, 0.25) is 0 Å². The summed E-state index contributed by atoms with van der Waals surface area (Å²) in [5.41, 5.74) is 4.42. The lowest BCUT2D eigenvalue weighted by Crippen LogP contribution is -2.34. The molecule has 0 saturated carbocycles. The third-order valence-electron chi connectivity index (χ3n) is 7.07. The highest BCUT2D eigenvalue weighted by Gasteiger charge is 2.24. The number of nitrogens with zero attached hydrogens (tertiary/aromatic N) is 5. The van der Waals surface area contributed by atoms with Crippen molar-refractivity contribution >= 4 is 28.0 Å². The highest BCUT2D eigenvalue weighted by molar-refractivity contribution is 6.07. The summed E-state index contributed by atoms with van der Waals surface area (Å²) in [6.45, 7) is 8.53. The fraction of sp³-hybridized carbons (Fsp3) is 0.273. The number of anilines is 1. The number of hydrogen-bond donors (Lipinski definition) is 1. The van der Waals surface area contributed by atoms with Crippen molar-refractivity contribution in [2.75, 3.05) is 32.1 Å². The average molecular weight is 547 g/mol. The van der Waals surface area contributed by atoms with E-state index in [0.717, 1.165) is 65.5 Å². The van der Waals surface area contributed by atoms with Gasteiger partial charge in [-0.1, -0.05) is 25.5 Å². The molecule has 0 aliphatic carbocycles. The summed E-state index contributed by atoms with van der Waals surface area (Å²) in [6.07, 6.45) is 2.02. The highest BCUT2D eigenvalue weighted by atomic mass is 16.5. The van der Waals surface area contributed by atoms with Crippen LogP contribution in [-0.4, -0.2) is 47.5 Å². The number of hydrogen-bond acceptors (Lipinski definition) is 8. The van der Waals surface area contributed by atoms with Crippen molar-refractivity contribution < 1.29 is 9.47 Å². The van der Waals surface area contributed by atoms with Crippen molar-refractivity contribution in [2.45, 2.75) is 33.6 Å². The predicted octanol–water partition coefficient (Wildman–Crippen LogP) is 6.89. The van der Waals surface area contributed by atoms with Crippen LogP contribution in [0.25, 0.3) is 27.7 Å². The second kappa shape index (κ2) is 12.5. The summed E-state index contributed by atoms with van der Waals surface area (Å²) in [7, 11) is 1.64. The highest BCUT2D eigenvalue weighted by Crippen LogP contribution is 2.33. The van der Waals surface area contributed by atoms with E-state index in [9.17, 15) is 5.26 Å². The molecule has 5 rings (SSSR count). The molecule has 208 valence electrons. The van der Waals surface area contributed by atoms with Gasteiger partial charge in [-0.3, -0.25) is 0 Å². The van der Waals surface area contributed by atoms with Gasteiger partial charge in [-0.15, -0.1) is 0 Å². The lowest BCUT2D eigenvalue weighted by Gasteiger charge is -2.29. The Bertz CT molecular complexity index is 1650. The smallest absolute Gasteiger partial charge is 0.175 e. The van der Waals surface area contributed by atoms with Crippen molar-refractivity contribution in [2.24, 2.45) is 4.99 Å². The van der Waals surface area contributed by atoms with Gasteiger partial charge < -0.3 is 19.7 Å². The van der Waals surface area contributed by atoms with E-state index in [1.807, 2.05) is 66.7 Å². The molecule has 1 aromatic heterocycles. The van der Waals surface area contributed by atoms with Crippen LogP contribution in [-0.2, 0) is 0 Å². The zero-order chi connectivity index (χ0) is 28.8. The zero-order valence-electron chi connectivity index (χ0n) is 23.9. The number of nitrogens with one attached hydrogen (secondary N) is 1. The molecule has 3 aromatic carbocycles. The fourth-order valence-corrected chi connectivity index (χ4v) is 4.81. The van der Waals surface area contributed by atoms with Gasteiger partial charge in [0.15, 0.2) is 11.6 Å². The standard InChI is InChI=1S/C33H34N6O2/c1-5-8-19-41-24-17-18-25-29(20-24)36-31(37-30(25)22-13-15-23(40-4)16-14-22)27(21-34)32-35-28-12-10-9-11-26(28)33(38-32)39(6-2)7-3/h9-18,20,35H,5-8,19H2,1-4H3/b32-27-. The molecule has 0 bridgehead atoms. The number of rotatable bonds is 9. The van der Waals surface area contributed by atoms with E-state index in [2.05, 4.69) is 37.1 Å². The topological polar surface area (TPSA) is 95.7 Å². The Kier molecular flexibility index (Phi) is 8.44. The van der Waals surface area contributed by atoms with Crippen LogP contribution < -0.4 is 14.8 Å². The van der Waals surface area contributed by atoms with E-state index >= 15 is 0 Å². The van der Waals surface area contributed by atoms with E-state index in [-0.39, 0.29) is 5.57 Å². The fourth-order valence-electron chi connectivity index (χ4n) is 4.81. The first-order valence-electron chi connectivity index (χ1n) is 14.0. The van der Waals surface area contributed by atoms with Gasteiger partial charge in [-0.25, -0.2) is 15.0 Å². The molecule has 0 fully saturated rings. The first-order chi connectivity index (χ1) is 20.1. The summed E-state index contributed by atoms with van der Waals surface area (Å²) in [5, 5.41) is 14.7. The number of unbranched alkanes of at least 4 members (excludes halogenated alkanes) is 1. The molecule has 0 saturated heterocycles. The molecule has 1 aliphatic heterocycles. The number of aromatic nitrogens is 2. The molecule has 1 N–H and O–H groups in total. The van der Waals surface area contributed by atoms with Crippen LogP contribution in [0.2, 0.25) is 0 Å². The quantitative estimate of drug-likeness (QED) is 0.180.